The number of hydrogen-bond donors (Lipinski definition) is 1. The van der Waals surface area contributed by atoms with Crippen molar-refractivity contribution in [3.8, 4) is 0 Å². The van der Waals surface area contributed by atoms with Gasteiger partial charge in [0.1, 0.15) is 0 Å². The van der Waals surface area contributed by atoms with Gasteiger partial charge >= 0.3 is 0 Å². The molecule has 1 aromatic carbocycles. The molecule has 0 aromatic heterocycles. The third-order valence-electron chi connectivity index (χ3n) is 4.01. The van der Waals surface area contributed by atoms with Gasteiger partial charge in [0.25, 0.3) is 0 Å². The zero-order chi connectivity index (χ0) is 13.1. The summed E-state index contributed by atoms with van der Waals surface area (Å²) in [6.07, 6.45) is 4.55. The van der Waals surface area contributed by atoms with Crippen LogP contribution in [0.4, 0.5) is 0 Å². The van der Waals surface area contributed by atoms with E-state index in [0.29, 0.717) is 6.54 Å². The fraction of sp³-hybridized carbons (Fsp3) is 0.562. The largest absolute Gasteiger partial charge is 0.352 e. The Kier molecular flexibility index (Phi) is 4.05. The summed E-state index contributed by atoms with van der Waals surface area (Å²) in [4.78, 5) is 12.0. The van der Waals surface area contributed by atoms with Crippen LogP contribution < -0.4 is 5.32 Å². The third kappa shape index (κ3) is 2.92. The molecule has 1 aliphatic carbocycles. The van der Waals surface area contributed by atoms with Crippen molar-refractivity contribution in [2.75, 3.05) is 0 Å². The monoisotopic (exact) mass is 245 g/mol. The molecular formula is C16H23NO. The number of amides is 1. The standard InChI is InChI=1S/C16H23NO/c1-11-8-12(2)15(13(3)9-11)10-17-16(18)14-6-4-5-7-14/h8-9,14H,4-7,10H2,1-3H3,(H,17,18). The molecule has 2 nitrogen and oxygen atoms in total. The van der Waals surface area contributed by atoms with Gasteiger partial charge in [-0.2, -0.15) is 0 Å². The topological polar surface area (TPSA) is 29.1 Å². The Morgan fingerprint density at radius 3 is 2.28 bits per heavy atom. The molecule has 0 aliphatic heterocycles. The van der Waals surface area contributed by atoms with Gasteiger partial charge in [-0.25, -0.2) is 0 Å². The minimum absolute atomic E-state index is 0.242. The molecule has 0 atom stereocenters. The molecule has 0 spiro atoms. The van der Waals surface area contributed by atoms with Crippen LogP contribution in [0.2, 0.25) is 0 Å². The van der Waals surface area contributed by atoms with Crippen LogP contribution in [0.1, 0.15) is 47.9 Å². The molecule has 0 saturated heterocycles. The molecule has 2 heteroatoms. The molecule has 1 fully saturated rings. The highest BCUT2D eigenvalue weighted by atomic mass is 16.1. The zero-order valence-electron chi connectivity index (χ0n) is 11.7. The van der Waals surface area contributed by atoms with Gasteiger partial charge in [-0.15, -0.1) is 0 Å². The maximum atomic E-state index is 12.0. The van der Waals surface area contributed by atoms with Crippen LogP contribution >= 0.6 is 0 Å². The first-order chi connectivity index (χ1) is 8.58. The van der Waals surface area contributed by atoms with Gasteiger partial charge in [-0.05, 0) is 50.3 Å². The van der Waals surface area contributed by atoms with Gasteiger partial charge in [-0.1, -0.05) is 30.5 Å². The Bertz CT molecular complexity index is 421. The summed E-state index contributed by atoms with van der Waals surface area (Å²) < 4.78 is 0. The molecule has 1 N–H and O–H groups in total. The summed E-state index contributed by atoms with van der Waals surface area (Å²) in [5, 5.41) is 3.10. The lowest BCUT2D eigenvalue weighted by Crippen LogP contribution is -2.29. The molecule has 0 radical (unpaired) electrons. The fourth-order valence-electron chi connectivity index (χ4n) is 3.00. The minimum atomic E-state index is 0.242. The third-order valence-corrected chi connectivity index (χ3v) is 4.01. The van der Waals surface area contributed by atoms with Gasteiger partial charge < -0.3 is 5.32 Å². The Morgan fingerprint density at radius 2 is 1.72 bits per heavy atom. The van der Waals surface area contributed by atoms with Crippen LogP contribution in [-0.2, 0) is 11.3 Å². The number of aryl methyl sites for hydroxylation is 3. The van der Waals surface area contributed by atoms with Crippen LogP contribution in [0.25, 0.3) is 0 Å². The predicted octanol–water partition coefficient (Wildman–Crippen LogP) is 3.42. The second kappa shape index (κ2) is 5.55. The van der Waals surface area contributed by atoms with Gasteiger partial charge in [0.15, 0.2) is 0 Å². The van der Waals surface area contributed by atoms with Crippen molar-refractivity contribution >= 4 is 5.91 Å². The number of benzene rings is 1. The summed E-state index contributed by atoms with van der Waals surface area (Å²) in [5.74, 6) is 0.503. The highest BCUT2D eigenvalue weighted by Crippen LogP contribution is 2.25. The van der Waals surface area contributed by atoms with E-state index in [-0.39, 0.29) is 11.8 Å². The summed E-state index contributed by atoms with van der Waals surface area (Å²) in [5.41, 5.74) is 5.11. The summed E-state index contributed by atoms with van der Waals surface area (Å²) in [6.45, 7) is 7.03. The van der Waals surface area contributed by atoms with Crippen LogP contribution in [0.5, 0.6) is 0 Å². The van der Waals surface area contributed by atoms with Crippen molar-refractivity contribution in [1.29, 1.82) is 0 Å². The quantitative estimate of drug-likeness (QED) is 0.868. The van der Waals surface area contributed by atoms with Gasteiger partial charge in [-0.3, -0.25) is 4.79 Å². The first-order valence-electron chi connectivity index (χ1n) is 6.92. The van der Waals surface area contributed by atoms with Crippen molar-refractivity contribution < 1.29 is 4.79 Å². The Morgan fingerprint density at radius 1 is 1.17 bits per heavy atom. The lowest BCUT2D eigenvalue weighted by Gasteiger charge is -2.14. The van der Waals surface area contributed by atoms with Crippen LogP contribution in [0.3, 0.4) is 0 Å². The first-order valence-corrected chi connectivity index (χ1v) is 6.92. The maximum Gasteiger partial charge on any atom is 0.223 e. The number of rotatable bonds is 3. The lowest BCUT2D eigenvalue weighted by molar-refractivity contribution is -0.124. The minimum Gasteiger partial charge on any atom is -0.352 e. The summed E-state index contributed by atoms with van der Waals surface area (Å²) in [6, 6.07) is 4.37. The van der Waals surface area contributed by atoms with E-state index >= 15 is 0 Å². The highest BCUT2D eigenvalue weighted by Gasteiger charge is 2.22. The molecular weight excluding hydrogens is 222 g/mol. The molecule has 2 rings (SSSR count). The molecule has 0 heterocycles. The second-order valence-corrected chi connectivity index (χ2v) is 5.58. The van der Waals surface area contributed by atoms with Crippen molar-refractivity contribution in [2.45, 2.75) is 53.0 Å². The maximum absolute atomic E-state index is 12.0. The molecule has 1 aliphatic rings. The Balaban J connectivity index is 1.99. The summed E-state index contributed by atoms with van der Waals surface area (Å²) >= 11 is 0. The average Bonchev–Trinajstić information content (AvgIpc) is 2.80. The first kappa shape index (κ1) is 13.1. The van der Waals surface area contributed by atoms with E-state index in [9.17, 15) is 4.79 Å². The number of nitrogens with one attached hydrogen (secondary N) is 1. The number of carbonyl (C=O) groups is 1. The van der Waals surface area contributed by atoms with Crippen molar-refractivity contribution in [3.05, 3.63) is 34.4 Å². The molecule has 0 bridgehead atoms. The van der Waals surface area contributed by atoms with E-state index in [0.717, 1.165) is 12.8 Å². The van der Waals surface area contributed by atoms with E-state index in [1.165, 1.54) is 35.1 Å². The molecule has 98 valence electrons. The summed E-state index contributed by atoms with van der Waals surface area (Å²) in [7, 11) is 0. The Labute approximate surface area is 110 Å². The number of carbonyl (C=O) groups excluding carboxylic acids is 1. The number of hydrogen-bond acceptors (Lipinski definition) is 1. The lowest BCUT2D eigenvalue weighted by atomic mass is 9.99. The van der Waals surface area contributed by atoms with Crippen molar-refractivity contribution in [1.82, 2.24) is 5.32 Å². The van der Waals surface area contributed by atoms with E-state index in [1.54, 1.807) is 0 Å². The predicted molar refractivity (Wildman–Crippen MR) is 74.5 cm³/mol. The molecule has 1 aromatic rings. The average molecular weight is 245 g/mol. The molecule has 1 saturated carbocycles. The van der Waals surface area contributed by atoms with Crippen molar-refractivity contribution in [3.63, 3.8) is 0 Å². The van der Waals surface area contributed by atoms with Crippen LogP contribution in [0.15, 0.2) is 12.1 Å². The van der Waals surface area contributed by atoms with Gasteiger partial charge in [0.05, 0.1) is 0 Å². The van der Waals surface area contributed by atoms with Crippen LogP contribution in [-0.4, -0.2) is 5.91 Å². The Hall–Kier alpha value is -1.31. The van der Waals surface area contributed by atoms with Gasteiger partial charge in [0.2, 0.25) is 5.91 Å². The fourth-order valence-corrected chi connectivity index (χ4v) is 3.00. The SMILES string of the molecule is Cc1cc(C)c(CNC(=O)C2CCCC2)c(C)c1. The van der Waals surface area contributed by atoms with Gasteiger partial charge in [0, 0.05) is 12.5 Å². The highest BCUT2D eigenvalue weighted by molar-refractivity contribution is 5.78. The normalized spacial score (nSPS) is 15.9. The smallest absolute Gasteiger partial charge is 0.223 e. The van der Waals surface area contributed by atoms with Crippen LogP contribution in [0, 0.1) is 26.7 Å². The van der Waals surface area contributed by atoms with E-state index in [4.69, 9.17) is 0 Å². The molecule has 18 heavy (non-hydrogen) atoms. The second-order valence-electron chi connectivity index (χ2n) is 5.58. The van der Waals surface area contributed by atoms with E-state index < -0.39 is 0 Å². The molecule has 0 unspecified atom stereocenters. The van der Waals surface area contributed by atoms with E-state index in [1.807, 2.05) is 0 Å². The van der Waals surface area contributed by atoms with Crippen molar-refractivity contribution in [2.24, 2.45) is 5.92 Å². The molecule has 1 amide bonds. The zero-order valence-corrected chi connectivity index (χ0v) is 11.7. The van der Waals surface area contributed by atoms with E-state index in [2.05, 4.69) is 38.2 Å².